The molecule has 6 rings (SSSR count). The van der Waals surface area contributed by atoms with E-state index in [0.717, 1.165) is 44.5 Å². The smallest absolute Gasteiger partial charge is 0.341 e. The average Bonchev–Trinajstić information content (AvgIpc) is 3.46. The van der Waals surface area contributed by atoms with Gasteiger partial charge >= 0.3 is 5.97 Å². The second-order valence-electron chi connectivity index (χ2n) is 13.1. The van der Waals surface area contributed by atoms with Crippen LogP contribution in [0.1, 0.15) is 74.3 Å². The largest absolute Gasteiger partial charge is 0.497 e. The Bertz CT molecular complexity index is 2230. The van der Waals surface area contributed by atoms with Crippen LogP contribution in [-0.2, 0) is 23.2 Å². The van der Waals surface area contributed by atoms with E-state index in [1.807, 2.05) is 98.8 Å². The monoisotopic (exact) mass is 800 g/mol. The lowest BCUT2D eigenvalue weighted by Gasteiger charge is -2.28. The van der Waals surface area contributed by atoms with Crippen molar-refractivity contribution in [3.8, 4) is 11.5 Å². The van der Waals surface area contributed by atoms with Crippen LogP contribution < -0.4 is 20.9 Å². The van der Waals surface area contributed by atoms with Crippen molar-refractivity contribution < 1.29 is 19.0 Å². The van der Waals surface area contributed by atoms with E-state index in [2.05, 4.69) is 13.8 Å². The zero-order chi connectivity index (χ0) is 39.1. The molecule has 4 N–H and O–H groups in total. The molecule has 54 heavy (non-hydrogen) atoms. The number of anilines is 2. The Morgan fingerprint density at radius 2 is 1.06 bits per heavy atom. The fraction of sp³-hybridized carbons (Fsp3) is 0.205. The molecule has 1 aliphatic rings. The van der Waals surface area contributed by atoms with Crippen molar-refractivity contribution in [2.24, 2.45) is 0 Å². The van der Waals surface area contributed by atoms with Crippen LogP contribution in [0.2, 0.25) is 20.1 Å². The third-order valence-corrected chi connectivity index (χ3v) is 11.9. The molecule has 6 nitrogen and oxygen atoms in total. The summed E-state index contributed by atoms with van der Waals surface area (Å²) in [5, 5.41) is -0.133. The Kier molecular flexibility index (Phi) is 11.3. The van der Waals surface area contributed by atoms with Crippen LogP contribution in [0.15, 0.2) is 84.9 Å². The maximum Gasteiger partial charge on any atom is 0.341 e. The van der Waals surface area contributed by atoms with Gasteiger partial charge in [0.25, 0.3) is 0 Å². The highest BCUT2D eigenvalue weighted by molar-refractivity contribution is 6.53. The lowest BCUT2D eigenvalue weighted by Crippen LogP contribution is -2.23. The van der Waals surface area contributed by atoms with Gasteiger partial charge in [0.1, 0.15) is 11.5 Å². The zero-order valence-corrected chi connectivity index (χ0v) is 33.8. The molecule has 0 spiro atoms. The van der Waals surface area contributed by atoms with Crippen LogP contribution in [-0.4, -0.2) is 20.2 Å². The number of hydrogen-bond donors (Lipinski definition) is 2. The molecule has 0 amide bonds. The quantitative estimate of drug-likeness (QED) is 0.0632. The highest BCUT2D eigenvalue weighted by Crippen LogP contribution is 2.54. The average molecular weight is 803 g/mol. The van der Waals surface area contributed by atoms with Crippen LogP contribution in [0.4, 0.5) is 11.4 Å². The summed E-state index contributed by atoms with van der Waals surface area (Å²) in [6.07, 6.45) is 5.10. The van der Waals surface area contributed by atoms with Crippen LogP contribution in [0.5, 0.6) is 11.5 Å². The number of benzene rings is 5. The number of methoxy groups -OCH3 is 2. The SMILES string of the molecule is CCc1c(C)ccc(C(=CC2(C=C(c3ccc(OC)cc3)c3ccc(C)c(CC)c3N)OC(=O)c3c(Cl)c(Cl)c(Cl)c(Cl)c32)c2ccc(OC)cc2)c1N. The minimum absolute atomic E-state index is 0.00368. The van der Waals surface area contributed by atoms with E-state index >= 15 is 0 Å². The van der Waals surface area contributed by atoms with Crippen molar-refractivity contribution in [2.75, 3.05) is 25.7 Å². The molecule has 0 bridgehead atoms. The molecule has 1 aliphatic heterocycles. The first-order valence-corrected chi connectivity index (χ1v) is 18.9. The first-order chi connectivity index (χ1) is 25.8. The van der Waals surface area contributed by atoms with Crippen molar-refractivity contribution in [1.82, 2.24) is 0 Å². The first-order valence-electron chi connectivity index (χ1n) is 17.4. The van der Waals surface area contributed by atoms with Crippen LogP contribution >= 0.6 is 46.4 Å². The molecule has 0 aliphatic carbocycles. The Morgan fingerprint density at radius 3 is 1.44 bits per heavy atom. The normalized spacial score (nSPS) is 15.6. The Balaban J connectivity index is 1.82. The lowest BCUT2D eigenvalue weighted by molar-refractivity contribution is 0.0300. The molecule has 0 atom stereocenters. The van der Waals surface area contributed by atoms with Gasteiger partial charge in [0.2, 0.25) is 0 Å². The van der Waals surface area contributed by atoms with Gasteiger partial charge in [-0.05, 0) is 108 Å². The number of aryl methyl sites for hydroxylation is 2. The molecule has 0 saturated heterocycles. The van der Waals surface area contributed by atoms with Gasteiger partial charge < -0.3 is 25.7 Å². The molecule has 5 aromatic carbocycles. The number of cyclic esters (lactones) is 1. The standard InChI is InChI=1S/C44H40Cl4N2O4/c1-7-29-23(3)9-19-31(41(29)49)33(25-11-15-27(52-5)16-12-25)21-44(36-35(43(51)54-44)37(45)39(47)40(48)38(36)46)22-34(26-13-17-28(53-6)18-14-26)32-20-10-24(4)30(8-2)42(32)50/h9-22H,7-8,49-50H2,1-6H3. The van der Waals surface area contributed by atoms with E-state index in [1.54, 1.807) is 14.2 Å². The van der Waals surface area contributed by atoms with Gasteiger partial charge in [-0.25, -0.2) is 4.79 Å². The summed E-state index contributed by atoms with van der Waals surface area (Å²) in [5.74, 6) is 0.593. The molecule has 0 fully saturated rings. The predicted octanol–water partition coefficient (Wildman–Crippen LogP) is 11.9. The number of fused-ring (bicyclic) bond motifs is 1. The number of nitrogen functional groups attached to an aromatic ring is 2. The van der Waals surface area contributed by atoms with E-state index in [1.165, 1.54) is 0 Å². The summed E-state index contributed by atoms with van der Waals surface area (Å²) >= 11 is 27.3. The molecule has 0 unspecified atom stereocenters. The lowest BCUT2D eigenvalue weighted by atomic mass is 9.81. The number of rotatable bonds is 10. The number of carbonyl (C=O) groups is 1. The topological polar surface area (TPSA) is 96.8 Å². The van der Waals surface area contributed by atoms with Gasteiger partial charge in [-0.2, -0.15) is 0 Å². The molecule has 0 radical (unpaired) electrons. The van der Waals surface area contributed by atoms with Crippen molar-refractivity contribution in [1.29, 1.82) is 0 Å². The number of ether oxygens (including phenoxy) is 3. The number of carbonyl (C=O) groups excluding carboxylic acids is 1. The van der Waals surface area contributed by atoms with Gasteiger partial charge in [0.15, 0.2) is 5.60 Å². The molecule has 0 saturated carbocycles. The number of hydrogen-bond acceptors (Lipinski definition) is 6. The Morgan fingerprint density at radius 1 is 0.648 bits per heavy atom. The van der Waals surface area contributed by atoms with Crippen LogP contribution in [0.3, 0.4) is 0 Å². The van der Waals surface area contributed by atoms with Crippen LogP contribution in [0.25, 0.3) is 11.1 Å². The number of esters is 1. The van der Waals surface area contributed by atoms with Gasteiger partial charge in [0.05, 0.1) is 39.9 Å². The summed E-state index contributed by atoms with van der Waals surface area (Å²) < 4.78 is 17.6. The maximum atomic E-state index is 14.2. The molecular formula is C44H40Cl4N2O4. The van der Waals surface area contributed by atoms with Crippen molar-refractivity contribution >= 4 is 74.9 Å². The van der Waals surface area contributed by atoms with E-state index in [-0.39, 0.29) is 31.2 Å². The highest BCUT2D eigenvalue weighted by Gasteiger charge is 2.48. The summed E-state index contributed by atoms with van der Waals surface area (Å²) in [7, 11) is 3.21. The number of nitrogens with two attached hydrogens (primary N) is 2. The van der Waals surface area contributed by atoms with Gasteiger partial charge in [-0.1, -0.05) is 109 Å². The second-order valence-corrected chi connectivity index (χ2v) is 14.6. The minimum atomic E-state index is -1.74. The molecule has 1 heterocycles. The fourth-order valence-electron chi connectivity index (χ4n) is 7.25. The highest BCUT2D eigenvalue weighted by atomic mass is 35.5. The second kappa shape index (κ2) is 15.6. The Labute approximate surface area is 336 Å². The molecule has 5 aromatic rings. The third kappa shape index (κ3) is 6.81. The van der Waals surface area contributed by atoms with E-state index in [9.17, 15) is 4.79 Å². The summed E-state index contributed by atoms with van der Waals surface area (Å²) in [4.78, 5) is 14.2. The van der Waals surface area contributed by atoms with E-state index < -0.39 is 11.6 Å². The summed E-state index contributed by atoms with van der Waals surface area (Å²) in [6.45, 7) is 8.17. The van der Waals surface area contributed by atoms with E-state index in [0.29, 0.717) is 46.9 Å². The van der Waals surface area contributed by atoms with Crippen molar-refractivity contribution in [3.05, 3.63) is 161 Å². The molecular weight excluding hydrogens is 762 g/mol. The first kappa shape index (κ1) is 39.1. The van der Waals surface area contributed by atoms with Gasteiger partial charge in [0, 0.05) is 28.1 Å². The van der Waals surface area contributed by atoms with E-state index in [4.69, 9.17) is 72.1 Å². The maximum absolute atomic E-state index is 14.2. The molecule has 278 valence electrons. The minimum Gasteiger partial charge on any atom is -0.497 e. The predicted molar refractivity (Wildman–Crippen MR) is 224 cm³/mol. The van der Waals surface area contributed by atoms with Crippen molar-refractivity contribution in [2.45, 2.75) is 46.1 Å². The fourth-order valence-corrected chi connectivity index (χ4v) is 8.33. The van der Waals surface area contributed by atoms with Crippen molar-refractivity contribution in [3.63, 3.8) is 0 Å². The van der Waals surface area contributed by atoms with Gasteiger partial charge in [-0.15, -0.1) is 0 Å². The molecule has 10 heteroatoms. The summed E-state index contributed by atoms with van der Waals surface area (Å²) in [5.41, 5.74) is 22.1. The zero-order valence-electron chi connectivity index (χ0n) is 30.8. The summed E-state index contributed by atoms with van der Waals surface area (Å²) in [6, 6.07) is 23.1. The van der Waals surface area contributed by atoms with Gasteiger partial charge in [-0.3, -0.25) is 0 Å². The van der Waals surface area contributed by atoms with Crippen LogP contribution in [0, 0.1) is 13.8 Å². The molecule has 0 aromatic heterocycles. The Hall–Kier alpha value is -4.59. The number of halogens is 4. The third-order valence-electron chi connectivity index (χ3n) is 10.1.